The van der Waals surface area contributed by atoms with Gasteiger partial charge in [-0.15, -0.1) is 0 Å². The summed E-state index contributed by atoms with van der Waals surface area (Å²) in [4.78, 5) is 12.9. The number of halogens is 1. The minimum absolute atomic E-state index is 0.211. The Morgan fingerprint density at radius 2 is 1.88 bits per heavy atom. The number of anilines is 1. The second kappa shape index (κ2) is 14.1. The van der Waals surface area contributed by atoms with E-state index in [1.54, 1.807) is 12.1 Å². The lowest BCUT2D eigenvalue weighted by atomic mass is 10.1. The van der Waals surface area contributed by atoms with Gasteiger partial charge in [0.15, 0.2) is 5.11 Å². The van der Waals surface area contributed by atoms with E-state index < -0.39 is 0 Å². The normalized spacial score (nSPS) is 10.7. The number of thiocarbonyl (C=S) groups is 1. The molecule has 0 aliphatic rings. The van der Waals surface area contributed by atoms with Crippen LogP contribution in [0.5, 0.6) is 11.5 Å². The van der Waals surface area contributed by atoms with Crippen molar-refractivity contribution < 1.29 is 14.3 Å². The van der Waals surface area contributed by atoms with Crippen LogP contribution >= 0.6 is 28.1 Å². The molecule has 2 aromatic rings. The van der Waals surface area contributed by atoms with Gasteiger partial charge < -0.3 is 14.8 Å². The van der Waals surface area contributed by atoms with E-state index in [2.05, 4.69) is 47.3 Å². The number of ether oxygens (including phenoxy) is 2. The first-order valence-electron chi connectivity index (χ1n) is 11.2. The molecule has 0 saturated carbocycles. The van der Waals surface area contributed by atoms with Crippen molar-refractivity contribution >= 4 is 44.9 Å². The summed E-state index contributed by atoms with van der Waals surface area (Å²) in [5.74, 6) is 1.57. The third kappa shape index (κ3) is 9.57. The number of carbonyl (C=O) groups excluding carboxylic acids is 1. The number of hydrogen-bond acceptors (Lipinski definition) is 4. The highest BCUT2D eigenvalue weighted by Crippen LogP contribution is 2.24. The molecular formula is C25H33BrN2O3S. The summed E-state index contributed by atoms with van der Waals surface area (Å²) in [5.41, 5.74) is 1.18. The van der Waals surface area contributed by atoms with E-state index in [1.165, 1.54) is 12.8 Å². The lowest BCUT2D eigenvalue weighted by Gasteiger charge is -2.14. The minimum atomic E-state index is -0.323. The molecular weight excluding hydrogens is 488 g/mol. The molecule has 0 bridgehead atoms. The Labute approximate surface area is 205 Å². The number of unbranched alkanes of at least 4 members (excludes halogenated alkanes) is 3. The van der Waals surface area contributed by atoms with E-state index in [-0.39, 0.29) is 11.0 Å². The standard InChI is InChI=1S/C25H33BrN2O3S/c1-4-5-6-7-14-31-23-12-11-19(26)16-22(23)24(29)28-25(32)27-20-9-8-10-21(17-20)30-15-13-18(2)3/h8-12,16-18H,4-7,13-15H2,1-3H3,(H2,27,28,29,32). The molecule has 2 rings (SSSR count). The van der Waals surface area contributed by atoms with Gasteiger partial charge in [-0.05, 0) is 61.3 Å². The lowest BCUT2D eigenvalue weighted by Crippen LogP contribution is -2.34. The van der Waals surface area contributed by atoms with Crippen molar-refractivity contribution in [2.45, 2.75) is 52.9 Å². The largest absolute Gasteiger partial charge is 0.494 e. The topological polar surface area (TPSA) is 59.6 Å². The van der Waals surface area contributed by atoms with Crippen molar-refractivity contribution in [1.82, 2.24) is 5.32 Å². The van der Waals surface area contributed by atoms with Crippen molar-refractivity contribution in [3.05, 3.63) is 52.5 Å². The van der Waals surface area contributed by atoms with Crippen molar-refractivity contribution in [2.24, 2.45) is 5.92 Å². The van der Waals surface area contributed by atoms with Gasteiger partial charge in [-0.3, -0.25) is 10.1 Å². The molecule has 7 heteroatoms. The van der Waals surface area contributed by atoms with Gasteiger partial charge in [0.1, 0.15) is 11.5 Å². The lowest BCUT2D eigenvalue weighted by molar-refractivity contribution is 0.0973. The maximum absolute atomic E-state index is 12.9. The molecule has 0 aliphatic carbocycles. The number of carbonyl (C=O) groups is 1. The Morgan fingerprint density at radius 3 is 2.62 bits per heavy atom. The Kier molecular flexibility index (Phi) is 11.5. The van der Waals surface area contributed by atoms with Gasteiger partial charge in [-0.1, -0.05) is 62.0 Å². The van der Waals surface area contributed by atoms with Gasteiger partial charge in [0.05, 0.1) is 18.8 Å². The van der Waals surface area contributed by atoms with Crippen molar-refractivity contribution in [3.8, 4) is 11.5 Å². The first kappa shape index (κ1) is 26.1. The zero-order valence-corrected chi connectivity index (χ0v) is 21.5. The van der Waals surface area contributed by atoms with E-state index in [9.17, 15) is 4.79 Å². The van der Waals surface area contributed by atoms with Crippen LogP contribution in [0.1, 0.15) is 63.2 Å². The number of amides is 1. The minimum Gasteiger partial charge on any atom is -0.494 e. The summed E-state index contributed by atoms with van der Waals surface area (Å²) in [5, 5.41) is 6.00. The maximum atomic E-state index is 12.9. The van der Waals surface area contributed by atoms with Gasteiger partial charge in [0.2, 0.25) is 0 Å². The zero-order valence-electron chi connectivity index (χ0n) is 19.1. The molecule has 0 atom stereocenters. The highest BCUT2D eigenvalue weighted by Gasteiger charge is 2.15. The fourth-order valence-corrected chi connectivity index (χ4v) is 3.50. The van der Waals surface area contributed by atoms with Crippen LogP contribution in [0.2, 0.25) is 0 Å². The molecule has 2 N–H and O–H groups in total. The highest BCUT2D eigenvalue weighted by molar-refractivity contribution is 9.10. The molecule has 0 aromatic heterocycles. The second-order valence-corrected chi connectivity index (χ2v) is 9.34. The maximum Gasteiger partial charge on any atom is 0.261 e. The average molecular weight is 522 g/mol. The molecule has 0 aliphatic heterocycles. The van der Waals surface area contributed by atoms with E-state index in [0.29, 0.717) is 30.4 Å². The quantitative estimate of drug-likeness (QED) is 0.234. The van der Waals surface area contributed by atoms with Crippen LogP contribution in [-0.2, 0) is 0 Å². The number of hydrogen-bond donors (Lipinski definition) is 2. The predicted octanol–water partition coefficient (Wildman–Crippen LogP) is 6.96. The monoisotopic (exact) mass is 520 g/mol. The van der Waals surface area contributed by atoms with Gasteiger partial charge in [0, 0.05) is 16.2 Å². The molecule has 0 unspecified atom stereocenters. The Balaban J connectivity index is 1.94. The van der Waals surface area contributed by atoms with Crippen LogP contribution in [0.4, 0.5) is 5.69 Å². The van der Waals surface area contributed by atoms with Crippen LogP contribution in [0.15, 0.2) is 46.9 Å². The zero-order chi connectivity index (χ0) is 23.3. The predicted molar refractivity (Wildman–Crippen MR) is 139 cm³/mol. The first-order valence-corrected chi connectivity index (χ1v) is 12.4. The van der Waals surface area contributed by atoms with Gasteiger partial charge >= 0.3 is 0 Å². The van der Waals surface area contributed by atoms with Crippen LogP contribution in [0.25, 0.3) is 0 Å². The van der Waals surface area contributed by atoms with E-state index in [4.69, 9.17) is 21.7 Å². The summed E-state index contributed by atoms with van der Waals surface area (Å²) in [6, 6.07) is 12.9. The van der Waals surface area contributed by atoms with Gasteiger partial charge in [0.25, 0.3) is 5.91 Å². The van der Waals surface area contributed by atoms with Crippen molar-refractivity contribution in [1.29, 1.82) is 0 Å². The molecule has 0 radical (unpaired) electrons. The summed E-state index contributed by atoms with van der Waals surface area (Å²) in [6.07, 6.45) is 5.41. The van der Waals surface area contributed by atoms with Crippen molar-refractivity contribution in [3.63, 3.8) is 0 Å². The fraction of sp³-hybridized carbons (Fsp3) is 0.440. The van der Waals surface area contributed by atoms with Crippen LogP contribution in [-0.4, -0.2) is 24.2 Å². The molecule has 0 spiro atoms. The summed E-state index contributed by atoms with van der Waals surface area (Å²) < 4.78 is 12.5. The Bertz CT molecular complexity index is 889. The molecule has 1 amide bonds. The SMILES string of the molecule is CCCCCCOc1ccc(Br)cc1C(=O)NC(=S)Nc1cccc(OCCC(C)C)c1. The molecule has 0 saturated heterocycles. The average Bonchev–Trinajstić information content (AvgIpc) is 2.74. The molecule has 32 heavy (non-hydrogen) atoms. The van der Waals surface area contributed by atoms with Gasteiger partial charge in [-0.2, -0.15) is 0 Å². The van der Waals surface area contributed by atoms with Gasteiger partial charge in [-0.25, -0.2) is 0 Å². The third-order valence-corrected chi connectivity index (χ3v) is 5.42. The summed E-state index contributed by atoms with van der Waals surface area (Å²) in [6.45, 7) is 7.74. The number of benzene rings is 2. The van der Waals surface area contributed by atoms with Crippen LogP contribution < -0.4 is 20.1 Å². The molecule has 174 valence electrons. The molecule has 2 aromatic carbocycles. The van der Waals surface area contributed by atoms with E-state index >= 15 is 0 Å². The second-order valence-electron chi connectivity index (χ2n) is 8.02. The first-order chi connectivity index (χ1) is 15.4. The smallest absolute Gasteiger partial charge is 0.261 e. The highest BCUT2D eigenvalue weighted by atomic mass is 79.9. The van der Waals surface area contributed by atoms with Crippen LogP contribution in [0, 0.1) is 5.92 Å². The number of nitrogens with one attached hydrogen (secondary N) is 2. The summed E-state index contributed by atoms with van der Waals surface area (Å²) >= 11 is 8.78. The van der Waals surface area contributed by atoms with E-state index in [1.807, 2.05) is 30.3 Å². The molecule has 5 nitrogen and oxygen atoms in total. The summed E-state index contributed by atoms with van der Waals surface area (Å²) in [7, 11) is 0. The van der Waals surface area contributed by atoms with E-state index in [0.717, 1.165) is 35.2 Å². The van der Waals surface area contributed by atoms with Crippen molar-refractivity contribution in [2.75, 3.05) is 18.5 Å². The fourth-order valence-electron chi connectivity index (χ4n) is 2.93. The van der Waals surface area contributed by atoms with Crippen LogP contribution in [0.3, 0.4) is 0 Å². The molecule has 0 heterocycles. The molecule has 0 fully saturated rings. The Morgan fingerprint density at radius 1 is 1.06 bits per heavy atom. The third-order valence-electron chi connectivity index (χ3n) is 4.72. The number of rotatable bonds is 12. The Hall–Kier alpha value is -2.12.